The van der Waals surface area contributed by atoms with Gasteiger partial charge in [0.05, 0.1) is 9.92 Å². The Morgan fingerprint density at radius 3 is 2.29 bits per heavy atom. The van der Waals surface area contributed by atoms with Crippen LogP contribution in [0.1, 0.15) is 0 Å². The summed E-state index contributed by atoms with van der Waals surface area (Å²) in [5.74, 6) is 0. The number of sulfone groups is 1. The van der Waals surface area contributed by atoms with E-state index in [2.05, 4.69) is 4.40 Å². The third kappa shape index (κ3) is 3.13. The SMILES string of the molecule is CS(=O)(=O)c1ccc(Cl)c(S(=O)(=O)N=C=O)c1. The predicted molar refractivity (Wildman–Crippen MR) is 59.9 cm³/mol. The van der Waals surface area contributed by atoms with Crippen molar-refractivity contribution in [3.05, 3.63) is 23.2 Å². The molecule has 0 atom stereocenters. The van der Waals surface area contributed by atoms with E-state index in [4.69, 9.17) is 11.6 Å². The Balaban J connectivity index is 3.62. The van der Waals surface area contributed by atoms with Gasteiger partial charge in [-0.3, -0.25) is 0 Å². The van der Waals surface area contributed by atoms with Gasteiger partial charge in [0.1, 0.15) is 4.90 Å². The fraction of sp³-hybridized carbons (Fsp3) is 0.125. The molecule has 1 aromatic rings. The van der Waals surface area contributed by atoms with Crippen LogP contribution in [0.5, 0.6) is 0 Å². The first kappa shape index (κ1) is 13.9. The van der Waals surface area contributed by atoms with Crippen LogP contribution >= 0.6 is 11.6 Å². The number of benzene rings is 1. The van der Waals surface area contributed by atoms with Gasteiger partial charge in [-0.05, 0) is 18.2 Å². The van der Waals surface area contributed by atoms with Gasteiger partial charge < -0.3 is 0 Å². The molecule has 1 rings (SSSR count). The molecule has 0 aromatic heterocycles. The fourth-order valence-corrected chi connectivity index (χ4v) is 2.93. The Kier molecular flexibility index (Phi) is 3.73. The van der Waals surface area contributed by atoms with Gasteiger partial charge in [0.25, 0.3) is 16.1 Å². The van der Waals surface area contributed by atoms with Crippen molar-refractivity contribution in [2.45, 2.75) is 9.79 Å². The molecule has 0 aliphatic carbocycles. The standard InChI is InChI=1S/C8H6ClNO5S2/c1-16(12,13)6-2-3-7(9)8(4-6)17(14,15)10-5-11/h2-4H,1H3. The van der Waals surface area contributed by atoms with Gasteiger partial charge in [0.15, 0.2) is 9.84 Å². The summed E-state index contributed by atoms with van der Waals surface area (Å²) in [4.78, 5) is 9.17. The number of halogens is 1. The Morgan fingerprint density at radius 1 is 1.24 bits per heavy atom. The average Bonchev–Trinajstić information content (AvgIpc) is 2.15. The Labute approximate surface area is 103 Å². The third-order valence-electron chi connectivity index (χ3n) is 1.77. The van der Waals surface area contributed by atoms with E-state index in [1.54, 1.807) is 0 Å². The van der Waals surface area contributed by atoms with Crippen LogP contribution in [-0.2, 0) is 24.7 Å². The van der Waals surface area contributed by atoms with Crippen molar-refractivity contribution in [1.29, 1.82) is 0 Å². The van der Waals surface area contributed by atoms with Gasteiger partial charge >= 0.3 is 0 Å². The maximum absolute atomic E-state index is 11.4. The molecule has 0 N–H and O–H groups in total. The first-order valence-electron chi connectivity index (χ1n) is 4.02. The van der Waals surface area contributed by atoms with Crippen molar-refractivity contribution in [3.63, 3.8) is 0 Å². The van der Waals surface area contributed by atoms with Crippen LogP contribution in [0.3, 0.4) is 0 Å². The van der Waals surface area contributed by atoms with E-state index < -0.39 is 24.8 Å². The van der Waals surface area contributed by atoms with Crippen molar-refractivity contribution >= 4 is 37.5 Å². The van der Waals surface area contributed by atoms with E-state index in [1.807, 2.05) is 0 Å². The zero-order valence-corrected chi connectivity index (χ0v) is 10.8. The topological polar surface area (TPSA) is 97.7 Å². The highest BCUT2D eigenvalue weighted by Crippen LogP contribution is 2.25. The van der Waals surface area contributed by atoms with Gasteiger partial charge in [-0.1, -0.05) is 16.0 Å². The molecular weight excluding hydrogens is 290 g/mol. The second-order valence-electron chi connectivity index (χ2n) is 3.02. The molecule has 1 aromatic carbocycles. The Morgan fingerprint density at radius 2 is 1.82 bits per heavy atom. The number of sulfonamides is 1. The number of hydrogen-bond acceptors (Lipinski definition) is 5. The number of nitrogens with zero attached hydrogens (tertiary/aromatic N) is 1. The Hall–Kier alpha value is -1.21. The van der Waals surface area contributed by atoms with Gasteiger partial charge in [0.2, 0.25) is 0 Å². The first-order valence-corrected chi connectivity index (χ1v) is 7.73. The van der Waals surface area contributed by atoms with Crippen LogP contribution in [0.25, 0.3) is 0 Å². The lowest BCUT2D eigenvalue weighted by molar-refractivity contribution is 0.563. The molecule has 6 nitrogen and oxygen atoms in total. The van der Waals surface area contributed by atoms with Crippen molar-refractivity contribution in [2.75, 3.05) is 6.26 Å². The van der Waals surface area contributed by atoms with Crippen LogP contribution in [0, 0.1) is 0 Å². The zero-order valence-electron chi connectivity index (χ0n) is 8.41. The summed E-state index contributed by atoms with van der Waals surface area (Å²) in [7, 11) is -7.90. The molecule has 9 heteroatoms. The quantitative estimate of drug-likeness (QED) is 0.606. The van der Waals surface area contributed by atoms with E-state index in [0.29, 0.717) is 0 Å². The molecule has 0 spiro atoms. The van der Waals surface area contributed by atoms with E-state index in [9.17, 15) is 21.6 Å². The molecule has 0 radical (unpaired) electrons. The minimum Gasteiger partial charge on any atom is -0.224 e. The van der Waals surface area contributed by atoms with Crippen molar-refractivity contribution in [2.24, 2.45) is 4.40 Å². The summed E-state index contributed by atoms with van der Waals surface area (Å²) in [5, 5.41) is -0.226. The fourth-order valence-electron chi connectivity index (χ4n) is 1.01. The Bertz CT molecular complexity index is 701. The first-order chi connectivity index (χ1) is 7.68. The molecule has 92 valence electrons. The van der Waals surface area contributed by atoms with Crippen LogP contribution in [0.15, 0.2) is 32.4 Å². The van der Waals surface area contributed by atoms with E-state index in [-0.39, 0.29) is 9.92 Å². The van der Waals surface area contributed by atoms with Crippen molar-refractivity contribution < 1.29 is 21.6 Å². The molecule has 0 amide bonds. The summed E-state index contributed by atoms with van der Waals surface area (Å²) in [6.07, 6.45) is 1.78. The molecule has 0 aliphatic heterocycles. The van der Waals surface area contributed by atoms with Gasteiger partial charge in [-0.2, -0.15) is 8.42 Å². The number of carbonyl (C=O) groups excluding carboxylic acids is 1. The second kappa shape index (κ2) is 4.58. The molecular formula is C8H6ClNO5S2. The smallest absolute Gasteiger partial charge is 0.224 e. The van der Waals surface area contributed by atoms with Crippen molar-refractivity contribution in [3.8, 4) is 0 Å². The lowest BCUT2D eigenvalue weighted by atomic mass is 10.4. The van der Waals surface area contributed by atoms with Gasteiger partial charge in [0, 0.05) is 6.26 Å². The van der Waals surface area contributed by atoms with Crippen LogP contribution < -0.4 is 0 Å². The van der Waals surface area contributed by atoms with E-state index >= 15 is 0 Å². The summed E-state index contributed by atoms with van der Waals surface area (Å²) >= 11 is 5.60. The molecule has 0 heterocycles. The lowest BCUT2D eigenvalue weighted by Crippen LogP contribution is -2.02. The summed E-state index contributed by atoms with van der Waals surface area (Å²) in [6.45, 7) is 0. The highest BCUT2D eigenvalue weighted by molar-refractivity contribution is 7.91. The summed E-state index contributed by atoms with van der Waals surface area (Å²) < 4.78 is 47.9. The highest BCUT2D eigenvalue weighted by Gasteiger charge is 2.20. The number of rotatable bonds is 3. The van der Waals surface area contributed by atoms with E-state index in [0.717, 1.165) is 30.5 Å². The molecule has 0 saturated heterocycles. The predicted octanol–water partition coefficient (Wildman–Crippen LogP) is 0.768. The maximum Gasteiger partial charge on any atom is 0.294 e. The normalized spacial score (nSPS) is 11.9. The molecule has 0 unspecified atom stereocenters. The summed E-state index contributed by atoms with van der Waals surface area (Å²) in [6, 6.07) is 3.10. The van der Waals surface area contributed by atoms with Crippen LogP contribution in [0.2, 0.25) is 5.02 Å². The molecule has 17 heavy (non-hydrogen) atoms. The summed E-state index contributed by atoms with van der Waals surface area (Å²) in [5.41, 5.74) is 0. The van der Waals surface area contributed by atoms with E-state index in [1.165, 1.54) is 0 Å². The zero-order chi connectivity index (χ0) is 13.3. The monoisotopic (exact) mass is 295 g/mol. The second-order valence-corrected chi connectivity index (χ2v) is 7.02. The molecule has 0 saturated carbocycles. The van der Waals surface area contributed by atoms with Gasteiger partial charge in [-0.25, -0.2) is 13.2 Å². The minimum atomic E-state index is -4.32. The number of isocyanates is 1. The number of hydrogen-bond donors (Lipinski definition) is 0. The average molecular weight is 296 g/mol. The maximum atomic E-state index is 11.4. The lowest BCUT2D eigenvalue weighted by Gasteiger charge is -2.03. The molecule has 0 aliphatic rings. The molecule has 0 fully saturated rings. The van der Waals surface area contributed by atoms with Gasteiger partial charge in [-0.15, -0.1) is 0 Å². The minimum absolute atomic E-state index is 0.226. The van der Waals surface area contributed by atoms with Crippen LogP contribution in [-0.4, -0.2) is 29.2 Å². The van der Waals surface area contributed by atoms with Crippen LogP contribution in [0.4, 0.5) is 0 Å². The highest BCUT2D eigenvalue weighted by atomic mass is 35.5. The third-order valence-corrected chi connectivity index (χ3v) is 4.53. The van der Waals surface area contributed by atoms with Crippen molar-refractivity contribution in [1.82, 2.24) is 0 Å². The molecule has 0 bridgehead atoms. The largest absolute Gasteiger partial charge is 0.294 e.